The standard InChI is InChI=1S/C34H26O2Se2/c1-5-15-27(16-6-1)31-23-13-25-35-33(31,29-19-9-3-10-20-29)37-38-34(30-21-11-4-12-22-30)32(24-14-26-36-34)28-17-7-2-8-18-28/h1-26H. The SMILES string of the molecule is C1=COC([Se][Se]C2(c3ccccc3)OC=CC=C2c2ccccc2)(c2ccccc2)C(c2ccccc2)=C1. The van der Waals surface area contributed by atoms with Crippen LogP contribution in [0.5, 0.6) is 0 Å². The van der Waals surface area contributed by atoms with Gasteiger partial charge in [0, 0.05) is 0 Å². The van der Waals surface area contributed by atoms with Crippen molar-refractivity contribution in [1.29, 1.82) is 0 Å². The molecule has 0 aromatic heterocycles. The molecule has 2 nitrogen and oxygen atoms in total. The van der Waals surface area contributed by atoms with E-state index in [9.17, 15) is 0 Å². The van der Waals surface area contributed by atoms with E-state index in [1.807, 2.05) is 24.7 Å². The van der Waals surface area contributed by atoms with Crippen LogP contribution in [0, 0.1) is 0 Å². The van der Waals surface area contributed by atoms with E-state index >= 15 is 0 Å². The fraction of sp³-hybridized carbons (Fsp3) is 0.0588. The maximum absolute atomic E-state index is 6.73. The summed E-state index contributed by atoms with van der Waals surface area (Å²) in [5.41, 5.74) is 7.06. The molecule has 0 saturated heterocycles. The molecule has 38 heavy (non-hydrogen) atoms. The maximum atomic E-state index is 6.73. The Balaban J connectivity index is 1.49. The normalized spacial score (nSPS) is 22.1. The Morgan fingerprint density at radius 2 is 0.763 bits per heavy atom. The van der Waals surface area contributed by atoms with E-state index in [0.29, 0.717) is 0 Å². The summed E-state index contributed by atoms with van der Waals surface area (Å²) in [5.74, 6) is 0. The number of allylic oxidation sites excluding steroid dienone is 4. The van der Waals surface area contributed by atoms with Gasteiger partial charge in [0.25, 0.3) is 0 Å². The number of hydrogen-bond acceptors (Lipinski definition) is 2. The Labute approximate surface area is 235 Å². The van der Waals surface area contributed by atoms with Crippen molar-refractivity contribution in [1.82, 2.24) is 0 Å². The number of ether oxygens (including phenoxy) is 2. The Kier molecular flexibility index (Phi) is 7.22. The molecular weight excluding hydrogens is 598 g/mol. The summed E-state index contributed by atoms with van der Waals surface area (Å²) in [6.07, 6.45) is 12.1. The van der Waals surface area contributed by atoms with Gasteiger partial charge >= 0.3 is 236 Å². The van der Waals surface area contributed by atoms with Crippen LogP contribution < -0.4 is 0 Å². The first-order valence-electron chi connectivity index (χ1n) is 12.5. The molecule has 0 aliphatic carbocycles. The molecule has 4 aromatic carbocycles. The average molecular weight is 625 g/mol. The molecule has 2 aliphatic heterocycles. The summed E-state index contributed by atoms with van der Waals surface area (Å²) in [4.78, 5) is 0. The molecule has 186 valence electrons. The second-order valence-electron chi connectivity index (χ2n) is 8.92. The Hall–Kier alpha value is -3.52. The van der Waals surface area contributed by atoms with Crippen LogP contribution in [0.15, 0.2) is 158 Å². The molecule has 4 aromatic rings. The zero-order valence-corrected chi connectivity index (χ0v) is 24.1. The summed E-state index contributed by atoms with van der Waals surface area (Å²) < 4.78 is 12.3. The minimum atomic E-state index is -0.585. The van der Waals surface area contributed by atoms with Gasteiger partial charge in [-0.25, -0.2) is 0 Å². The molecule has 2 unspecified atom stereocenters. The van der Waals surface area contributed by atoms with Gasteiger partial charge in [0.05, 0.1) is 0 Å². The van der Waals surface area contributed by atoms with Gasteiger partial charge in [-0.2, -0.15) is 0 Å². The fourth-order valence-electron chi connectivity index (χ4n) is 4.80. The molecule has 0 bridgehead atoms. The molecule has 2 heterocycles. The summed E-state index contributed by atoms with van der Waals surface area (Å²) in [6, 6.07) is 42.5. The first-order valence-corrected chi connectivity index (χ1v) is 18.6. The molecule has 6 rings (SSSR count). The molecule has 0 saturated carbocycles. The van der Waals surface area contributed by atoms with E-state index in [4.69, 9.17) is 9.47 Å². The van der Waals surface area contributed by atoms with Crippen molar-refractivity contribution in [2.45, 2.75) is 9.00 Å². The van der Waals surface area contributed by atoms with Gasteiger partial charge in [-0.15, -0.1) is 0 Å². The molecule has 2 aliphatic rings. The third kappa shape index (κ3) is 4.62. The van der Waals surface area contributed by atoms with Crippen LogP contribution in [-0.4, -0.2) is 26.3 Å². The number of rotatable bonds is 7. The van der Waals surface area contributed by atoms with Crippen molar-refractivity contribution >= 4 is 37.4 Å². The van der Waals surface area contributed by atoms with Gasteiger partial charge in [-0.1, -0.05) is 0 Å². The predicted octanol–water partition coefficient (Wildman–Crippen LogP) is 7.27. The fourth-order valence-corrected chi connectivity index (χ4v) is 15.3. The molecule has 2 atom stereocenters. The average Bonchev–Trinajstić information content (AvgIpc) is 3.02. The molecule has 0 radical (unpaired) electrons. The minimum absolute atomic E-state index is 0.0251. The van der Waals surface area contributed by atoms with Gasteiger partial charge in [0.15, 0.2) is 0 Å². The monoisotopic (exact) mass is 626 g/mol. The zero-order valence-electron chi connectivity index (χ0n) is 20.6. The van der Waals surface area contributed by atoms with Crippen LogP contribution >= 0.6 is 0 Å². The third-order valence-corrected chi connectivity index (χ3v) is 16.1. The molecular formula is C34H26O2Se2. The van der Waals surface area contributed by atoms with Gasteiger partial charge in [-0.05, 0) is 0 Å². The molecule has 4 heteroatoms. The van der Waals surface area contributed by atoms with Crippen LogP contribution in [0.25, 0.3) is 11.1 Å². The number of hydrogen-bond donors (Lipinski definition) is 0. The van der Waals surface area contributed by atoms with Gasteiger partial charge in [0.1, 0.15) is 0 Å². The van der Waals surface area contributed by atoms with Crippen molar-refractivity contribution in [2.75, 3.05) is 0 Å². The quantitative estimate of drug-likeness (QED) is 0.202. The predicted molar refractivity (Wildman–Crippen MR) is 157 cm³/mol. The van der Waals surface area contributed by atoms with Crippen LogP contribution in [0.2, 0.25) is 0 Å². The van der Waals surface area contributed by atoms with Crippen LogP contribution in [0.4, 0.5) is 0 Å². The summed E-state index contributed by atoms with van der Waals surface area (Å²) in [7, 11) is 0. The zero-order chi connectivity index (χ0) is 25.7. The second kappa shape index (κ2) is 11.1. The van der Waals surface area contributed by atoms with E-state index in [-0.39, 0.29) is 26.3 Å². The molecule has 0 N–H and O–H groups in total. The number of benzene rings is 4. The summed E-state index contributed by atoms with van der Waals surface area (Å²) >= 11 is -0.0502. The van der Waals surface area contributed by atoms with E-state index in [0.717, 1.165) is 0 Å². The third-order valence-electron chi connectivity index (χ3n) is 6.61. The van der Waals surface area contributed by atoms with Crippen molar-refractivity contribution in [2.24, 2.45) is 0 Å². The topological polar surface area (TPSA) is 18.5 Å². The van der Waals surface area contributed by atoms with Crippen LogP contribution in [0.1, 0.15) is 22.3 Å². The van der Waals surface area contributed by atoms with E-state index in [1.165, 1.54) is 33.4 Å². The molecule has 0 fully saturated rings. The summed E-state index contributed by atoms with van der Waals surface area (Å²) in [5, 5.41) is 0. The Morgan fingerprint density at radius 1 is 0.421 bits per heavy atom. The Morgan fingerprint density at radius 3 is 1.13 bits per heavy atom. The first kappa shape index (κ1) is 24.8. The van der Waals surface area contributed by atoms with Crippen molar-refractivity contribution in [3.63, 3.8) is 0 Å². The second-order valence-corrected chi connectivity index (χ2v) is 15.7. The van der Waals surface area contributed by atoms with E-state index in [1.54, 1.807) is 0 Å². The van der Waals surface area contributed by atoms with Crippen molar-refractivity contribution < 1.29 is 9.47 Å². The molecule has 0 spiro atoms. The molecule has 0 amide bonds. The van der Waals surface area contributed by atoms with Crippen molar-refractivity contribution in [3.8, 4) is 0 Å². The summed E-state index contributed by atoms with van der Waals surface area (Å²) in [6.45, 7) is 0. The Bertz CT molecular complexity index is 1380. The van der Waals surface area contributed by atoms with Crippen molar-refractivity contribution in [3.05, 3.63) is 180 Å². The van der Waals surface area contributed by atoms with Gasteiger partial charge in [0.2, 0.25) is 0 Å². The van der Waals surface area contributed by atoms with Gasteiger partial charge < -0.3 is 0 Å². The van der Waals surface area contributed by atoms with E-state index in [2.05, 4.69) is 133 Å². The van der Waals surface area contributed by atoms with Crippen LogP contribution in [0.3, 0.4) is 0 Å². The van der Waals surface area contributed by atoms with E-state index < -0.39 is 9.00 Å². The first-order chi connectivity index (χ1) is 18.8. The van der Waals surface area contributed by atoms with Gasteiger partial charge in [-0.3, -0.25) is 0 Å². The van der Waals surface area contributed by atoms with Crippen LogP contribution in [-0.2, 0) is 18.5 Å².